The minimum absolute atomic E-state index is 0.615. The Morgan fingerprint density at radius 2 is 1.56 bits per heavy atom. The van der Waals surface area contributed by atoms with Gasteiger partial charge in [0.1, 0.15) is 18.2 Å². The second kappa shape index (κ2) is 8.95. The molecule has 0 aliphatic heterocycles. The highest BCUT2D eigenvalue weighted by molar-refractivity contribution is 6.15. The first-order valence-electron chi connectivity index (χ1n) is 13.0. The van der Waals surface area contributed by atoms with E-state index in [2.05, 4.69) is 66.7 Å². The molecule has 6 rings (SSSR count). The number of hydrogen-bond donors (Lipinski definition) is 0. The summed E-state index contributed by atoms with van der Waals surface area (Å²) in [6.45, 7) is 12.2. The monoisotopic (exact) mass is 471 g/mol. The molecule has 0 atom stereocenters. The minimum atomic E-state index is 0.615. The summed E-state index contributed by atoms with van der Waals surface area (Å²) in [7, 11) is 2.18. The molecule has 1 aliphatic carbocycles. The normalized spacial score (nSPS) is 14.1. The van der Waals surface area contributed by atoms with Crippen LogP contribution in [0.15, 0.2) is 71.1 Å². The summed E-state index contributed by atoms with van der Waals surface area (Å²) in [5.41, 5.74) is 10.4. The van der Waals surface area contributed by atoms with Crippen molar-refractivity contribution in [2.24, 2.45) is 13.0 Å². The molecule has 1 aliphatic rings. The van der Waals surface area contributed by atoms with E-state index in [0.29, 0.717) is 5.69 Å². The summed E-state index contributed by atoms with van der Waals surface area (Å²) in [6, 6.07) is 23.0. The molecule has 0 unspecified atom stereocenters. The van der Waals surface area contributed by atoms with E-state index in [4.69, 9.17) is 11.0 Å². The van der Waals surface area contributed by atoms with E-state index < -0.39 is 0 Å². The third-order valence-electron chi connectivity index (χ3n) is 8.19. The number of aryl methyl sites for hydroxylation is 1. The Kier molecular flexibility index (Phi) is 5.61. The van der Waals surface area contributed by atoms with Gasteiger partial charge in [0.05, 0.1) is 12.1 Å². The molecule has 0 spiro atoms. The first-order chi connectivity index (χ1) is 17.6. The largest absolute Gasteiger partial charge is 0.456 e. The summed E-state index contributed by atoms with van der Waals surface area (Å²) >= 11 is 0. The maximum atomic E-state index is 7.79. The van der Waals surface area contributed by atoms with Crippen molar-refractivity contribution in [3.8, 4) is 22.4 Å². The molecular weight excluding hydrogens is 440 g/mol. The van der Waals surface area contributed by atoms with E-state index in [0.717, 1.165) is 50.2 Å². The lowest BCUT2D eigenvalue weighted by molar-refractivity contribution is -0.667. The predicted octanol–water partition coefficient (Wildman–Crippen LogP) is 8.64. The summed E-state index contributed by atoms with van der Waals surface area (Å²) in [4.78, 5) is 3.83. The van der Waals surface area contributed by atoms with Crippen molar-refractivity contribution < 1.29 is 8.98 Å². The van der Waals surface area contributed by atoms with Gasteiger partial charge >= 0.3 is 0 Å². The summed E-state index contributed by atoms with van der Waals surface area (Å²) in [5, 5.41) is 2.14. The molecule has 0 bridgehead atoms. The molecule has 178 valence electrons. The number of hydrogen-bond acceptors (Lipinski definition) is 1. The lowest BCUT2D eigenvalue weighted by Crippen LogP contribution is -2.36. The van der Waals surface area contributed by atoms with Gasteiger partial charge in [-0.1, -0.05) is 80.3 Å². The van der Waals surface area contributed by atoms with Gasteiger partial charge in [-0.3, -0.25) is 0 Å². The van der Waals surface area contributed by atoms with Gasteiger partial charge in [0.25, 0.3) is 0 Å². The summed E-state index contributed by atoms with van der Waals surface area (Å²) in [5.74, 6) is 0.822. The van der Waals surface area contributed by atoms with E-state index in [9.17, 15) is 0 Å². The third-order valence-corrected chi connectivity index (χ3v) is 8.19. The Bertz CT molecular complexity index is 1650. The number of fused-ring (bicyclic) bond motifs is 3. The Balaban J connectivity index is 1.57. The van der Waals surface area contributed by atoms with Crippen LogP contribution >= 0.6 is 0 Å². The maximum absolute atomic E-state index is 7.79. The number of pyridine rings is 1. The third kappa shape index (κ3) is 3.60. The molecule has 3 heteroatoms. The average Bonchev–Trinajstić information content (AvgIpc) is 3.55. The Morgan fingerprint density at radius 3 is 2.28 bits per heavy atom. The lowest BCUT2D eigenvalue weighted by Gasteiger charge is -2.13. The van der Waals surface area contributed by atoms with Crippen LogP contribution in [-0.4, -0.2) is 0 Å². The Hall–Kier alpha value is -3.90. The van der Waals surface area contributed by atoms with E-state index in [1.165, 1.54) is 48.9 Å². The van der Waals surface area contributed by atoms with E-state index >= 15 is 0 Å². The van der Waals surface area contributed by atoms with Gasteiger partial charge in [-0.05, 0) is 36.5 Å². The van der Waals surface area contributed by atoms with Gasteiger partial charge in [-0.2, -0.15) is 4.57 Å². The molecule has 1 fully saturated rings. The highest BCUT2D eigenvalue weighted by atomic mass is 16.3. The van der Waals surface area contributed by atoms with Gasteiger partial charge in [0.15, 0.2) is 11.4 Å². The van der Waals surface area contributed by atoms with Gasteiger partial charge in [0, 0.05) is 34.9 Å². The zero-order chi connectivity index (χ0) is 24.8. The fourth-order valence-electron chi connectivity index (χ4n) is 6.09. The fourth-order valence-corrected chi connectivity index (χ4v) is 6.09. The number of nitrogens with zero attached hydrogens (tertiary/aromatic N) is 2. The molecular formula is C33H31N2O+. The molecule has 0 saturated heterocycles. The van der Waals surface area contributed by atoms with Crippen molar-refractivity contribution in [2.45, 2.75) is 46.0 Å². The topological polar surface area (TPSA) is 21.4 Å². The van der Waals surface area contributed by atoms with Crippen molar-refractivity contribution in [2.75, 3.05) is 0 Å². The number of furan rings is 1. The van der Waals surface area contributed by atoms with Crippen molar-refractivity contribution in [1.82, 2.24) is 0 Å². The minimum Gasteiger partial charge on any atom is -0.456 e. The lowest BCUT2D eigenvalue weighted by atomic mass is 9.95. The van der Waals surface area contributed by atoms with Gasteiger partial charge in [-0.25, -0.2) is 4.85 Å². The van der Waals surface area contributed by atoms with Crippen molar-refractivity contribution in [3.05, 3.63) is 95.0 Å². The molecule has 2 aromatic heterocycles. The van der Waals surface area contributed by atoms with E-state index in [-0.39, 0.29) is 0 Å². The standard InChI is InChI=1S/C33H31N2O/c1-21-14-16-26-27-17-18-28(34-3)31(24-12-6-5-7-13-24)33(27)36-32(26)30(21)29-19-15-25(22(2)35(29)4)20-23-10-8-9-11-23/h5-7,12-19,23H,8-11,20H2,1-2,4H3/q+1. The van der Waals surface area contributed by atoms with Crippen LogP contribution in [0.5, 0.6) is 0 Å². The molecule has 2 heterocycles. The number of benzene rings is 3. The molecule has 0 radical (unpaired) electrons. The van der Waals surface area contributed by atoms with Crippen LogP contribution in [0.1, 0.15) is 42.5 Å². The van der Waals surface area contributed by atoms with Crippen LogP contribution in [0.4, 0.5) is 5.69 Å². The van der Waals surface area contributed by atoms with Crippen LogP contribution in [-0.2, 0) is 13.5 Å². The number of rotatable bonds is 4. The van der Waals surface area contributed by atoms with Crippen molar-refractivity contribution in [1.29, 1.82) is 0 Å². The fraction of sp³-hybridized carbons (Fsp3) is 0.273. The smallest absolute Gasteiger partial charge is 0.216 e. The zero-order valence-electron chi connectivity index (χ0n) is 21.3. The Labute approximate surface area is 212 Å². The first-order valence-corrected chi connectivity index (χ1v) is 13.0. The summed E-state index contributed by atoms with van der Waals surface area (Å²) < 4.78 is 9.06. The van der Waals surface area contributed by atoms with Crippen LogP contribution in [0.25, 0.3) is 49.2 Å². The Morgan fingerprint density at radius 1 is 0.861 bits per heavy atom. The highest BCUT2D eigenvalue weighted by Crippen LogP contribution is 2.44. The predicted molar refractivity (Wildman–Crippen MR) is 147 cm³/mol. The quantitative estimate of drug-likeness (QED) is 0.190. The highest BCUT2D eigenvalue weighted by Gasteiger charge is 2.26. The van der Waals surface area contributed by atoms with E-state index in [1.54, 1.807) is 0 Å². The van der Waals surface area contributed by atoms with Crippen molar-refractivity contribution in [3.63, 3.8) is 0 Å². The van der Waals surface area contributed by atoms with Gasteiger partial charge in [-0.15, -0.1) is 0 Å². The van der Waals surface area contributed by atoms with Crippen LogP contribution < -0.4 is 4.57 Å². The molecule has 0 N–H and O–H groups in total. The second-order valence-electron chi connectivity index (χ2n) is 10.3. The summed E-state index contributed by atoms with van der Waals surface area (Å²) in [6.07, 6.45) is 6.65. The van der Waals surface area contributed by atoms with Gasteiger partial charge in [0.2, 0.25) is 5.69 Å². The molecule has 36 heavy (non-hydrogen) atoms. The molecule has 0 amide bonds. The average molecular weight is 472 g/mol. The van der Waals surface area contributed by atoms with Crippen molar-refractivity contribution >= 4 is 27.6 Å². The SMILES string of the molecule is [C-]#[N+]c1ccc2c(oc3c(-c4ccc(CC5CCCC5)c(C)[n+]4C)c(C)ccc32)c1-c1ccccc1. The van der Waals surface area contributed by atoms with Crippen LogP contribution in [0, 0.1) is 26.3 Å². The van der Waals surface area contributed by atoms with Crippen LogP contribution in [0.3, 0.4) is 0 Å². The maximum Gasteiger partial charge on any atom is 0.216 e. The second-order valence-corrected chi connectivity index (χ2v) is 10.3. The van der Waals surface area contributed by atoms with Gasteiger partial charge < -0.3 is 4.42 Å². The molecule has 5 aromatic rings. The zero-order valence-corrected chi connectivity index (χ0v) is 21.3. The number of aromatic nitrogens is 1. The molecule has 1 saturated carbocycles. The first kappa shape index (κ1) is 22.6. The van der Waals surface area contributed by atoms with E-state index in [1.807, 2.05) is 30.3 Å². The van der Waals surface area contributed by atoms with Crippen LogP contribution in [0.2, 0.25) is 0 Å². The molecule has 3 aromatic carbocycles. The molecule has 3 nitrogen and oxygen atoms in total.